The van der Waals surface area contributed by atoms with Crippen LogP contribution in [0.25, 0.3) is 10.9 Å². The number of hydrogen-bond acceptors (Lipinski definition) is 3. The van der Waals surface area contributed by atoms with E-state index in [1.54, 1.807) is 6.20 Å². The molecule has 25 heavy (non-hydrogen) atoms. The van der Waals surface area contributed by atoms with Gasteiger partial charge in [0.25, 0.3) is 5.91 Å². The molecule has 1 aliphatic rings. The molecular formula is C19H24N2O4. The molecule has 0 saturated heterocycles. The minimum atomic E-state index is -1.33. The van der Waals surface area contributed by atoms with Gasteiger partial charge in [0.1, 0.15) is 5.54 Å². The zero-order chi connectivity index (χ0) is 18.4. The predicted octanol–water partition coefficient (Wildman–Crippen LogP) is 2.57. The summed E-state index contributed by atoms with van der Waals surface area (Å²) in [4.78, 5) is 24.9. The molecule has 1 aliphatic carbocycles. The third-order valence-electron chi connectivity index (χ3n) is 5.60. The molecule has 2 N–H and O–H groups in total. The average molecular weight is 344 g/mol. The summed E-state index contributed by atoms with van der Waals surface area (Å²) in [7, 11) is 1.87. The van der Waals surface area contributed by atoms with Gasteiger partial charge < -0.3 is 19.7 Å². The van der Waals surface area contributed by atoms with Gasteiger partial charge in [-0.25, -0.2) is 4.79 Å². The second kappa shape index (κ2) is 5.88. The molecule has 2 aromatic rings. The smallest absolute Gasteiger partial charge is 0.330 e. The van der Waals surface area contributed by atoms with Crippen molar-refractivity contribution in [2.24, 2.45) is 12.5 Å². The Kier molecular flexibility index (Phi) is 4.11. The molecule has 0 aliphatic heterocycles. The summed E-state index contributed by atoms with van der Waals surface area (Å²) in [6.07, 6.45) is 1.81. The molecule has 1 saturated carbocycles. The third kappa shape index (κ3) is 2.43. The zero-order valence-electron chi connectivity index (χ0n) is 15.0. The maximum atomic E-state index is 12.9. The minimum absolute atomic E-state index is 0.193. The molecule has 2 atom stereocenters. The molecule has 0 spiro atoms. The standard InChI is InChI=1S/C19H24N2O4/c1-5-25-15-10-19(17(23)24,18(15,2)3)20-16(22)13-11-21(4)14-9-7-6-8-12(13)14/h6-9,11,15H,5,10H2,1-4H3,(H,20,22)(H,23,24). The lowest BCUT2D eigenvalue weighted by molar-refractivity contribution is -0.190. The summed E-state index contributed by atoms with van der Waals surface area (Å²) >= 11 is 0. The fraction of sp³-hybridized carbons (Fsp3) is 0.474. The number of carboxylic acid groups (broad SMARTS) is 1. The van der Waals surface area contributed by atoms with Crippen LogP contribution in [0.1, 0.15) is 37.6 Å². The zero-order valence-corrected chi connectivity index (χ0v) is 15.0. The quantitative estimate of drug-likeness (QED) is 0.873. The Hall–Kier alpha value is -2.34. The van der Waals surface area contributed by atoms with Crippen LogP contribution in [0.4, 0.5) is 0 Å². The Morgan fingerprint density at radius 3 is 2.64 bits per heavy atom. The number of para-hydroxylation sites is 1. The number of rotatable bonds is 5. The summed E-state index contributed by atoms with van der Waals surface area (Å²) in [5.41, 5.74) is -0.623. The number of fused-ring (bicyclic) bond motifs is 1. The van der Waals surface area contributed by atoms with Crippen LogP contribution in [0.5, 0.6) is 0 Å². The molecule has 1 fully saturated rings. The van der Waals surface area contributed by atoms with Gasteiger partial charge in [-0.1, -0.05) is 32.0 Å². The van der Waals surface area contributed by atoms with Crippen molar-refractivity contribution >= 4 is 22.8 Å². The van der Waals surface area contributed by atoms with E-state index in [0.717, 1.165) is 10.9 Å². The van der Waals surface area contributed by atoms with E-state index in [9.17, 15) is 14.7 Å². The number of nitrogens with one attached hydrogen (secondary N) is 1. The monoisotopic (exact) mass is 344 g/mol. The highest BCUT2D eigenvalue weighted by Gasteiger charge is 2.66. The number of carbonyl (C=O) groups excluding carboxylic acids is 1. The number of benzene rings is 1. The van der Waals surface area contributed by atoms with Crippen LogP contribution in [0.3, 0.4) is 0 Å². The summed E-state index contributed by atoms with van der Waals surface area (Å²) in [6, 6.07) is 7.57. The Morgan fingerprint density at radius 1 is 1.36 bits per heavy atom. The van der Waals surface area contributed by atoms with Crippen molar-refractivity contribution < 1.29 is 19.4 Å². The van der Waals surface area contributed by atoms with Gasteiger partial charge in [-0.2, -0.15) is 0 Å². The first-order valence-electron chi connectivity index (χ1n) is 8.46. The van der Waals surface area contributed by atoms with Crippen LogP contribution in [0.15, 0.2) is 30.5 Å². The molecule has 134 valence electrons. The highest BCUT2D eigenvalue weighted by atomic mass is 16.5. The molecule has 1 aromatic heterocycles. The van der Waals surface area contributed by atoms with Gasteiger partial charge in [-0.3, -0.25) is 4.79 Å². The fourth-order valence-corrected chi connectivity index (χ4v) is 3.82. The van der Waals surface area contributed by atoms with E-state index >= 15 is 0 Å². The predicted molar refractivity (Wildman–Crippen MR) is 94.6 cm³/mol. The average Bonchev–Trinajstić information content (AvgIpc) is 2.91. The maximum absolute atomic E-state index is 12.9. The van der Waals surface area contributed by atoms with Crippen LogP contribution < -0.4 is 5.32 Å². The van der Waals surface area contributed by atoms with Gasteiger partial charge in [0.2, 0.25) is 0 Å². The number of hydrogen-bond donors (Lipinski definition) is 2. The van der Waals surface area contributed by atoms with Crippen molar-refractivity contribution in [2.45, 2.75) is 38.8 Å². The Balaban J connectivity index is 1.94. The summed E-state index contributed by atoms with van der Waals surface area (Å²) in [6.45, 7) is 6.05. The third-order valence-corrected chi connectivity index (χ3v) is 5.60. The van der Waals surface area contributed by atoms with E-state index < -0.39 is 16.9 Å². The molecular weight excluding hydrogens is 320 g/mol. The summed E-state index contributed by atoms with van der Waals surface area (Å²) in [5, 5.41) is 13.4. The first-order valence-corrected chi connectivity index (χ1v) is 8.46. The normalized spacial score (nSPS) is 24.7. The lowest BCUT2D eigenvalue weighted by Crippen LogP contribution is -2.76. The number of aliphatic carboxylic acids is 1. The van der Waals surface area contributed by atoms with E-state index in [2.05, 4.69) is 5.32 Å². The Bertz CT molecular complexity index is 839. The first-order chi connectivity index (χ1) is 11.7. The van der Waals surface area contributed by atoms with E-state index in [4.69, 9.17) is 4.74 Å². The van der Waals surface area contributed by atoms with Crippen LogP contribution >= 0.6 is 0 Å². The van der Waals surface area contributed by atoms with E-state index in [1.807, 2.05) is 56.7 Å². The highest BCUT2D eigenvalue weighted by Crippen LogP contribution is 2.51. The summed E-state index contributed by atoms with van der Waals surface area (Å²) in [5.74, 6) is -1.40. The topological polar surface area (TPSA) is 80.6 Å². The van der Waals surface area contributed by atoms with E-state index in [0.29, 0.717) is 12.2 Å². The van der Waals surface area contributed by atoms with Gasteiger partial charge in [0.15, 0.2) is 0 Å². The van der Waals surface area contributed by atoms with Crippen molar-refractivity contribution in [2.75, 3.05) is 6.61 Å². The highest BCUT2D eigenvalue weighted by molar-refractivity contribution is 6.08. The van der Waals surface area contributed by atoms with Crippen molar-refractivity contribution in [3.05, 3.63) is 36.0 Å². The van der Waals surface area contributed by atoms with Gasteiger partial charge in [0.05, 0.1) is 11.7 Å². The van der Waals surface area contributed by atoms with Crippen molar-refractivity contribution in [3.8, 4) is 0 Å². The molecule has 0 radical (unpaired) electrons. The lowest BCUT2D eigenvalue weighted by atomic mass is 9.54. The van der Waals surface area contributed by atoms with Crippen LogP contribution in [0.2, 0.25) is 0 Å². The molecule has 1 amide bonds. The van der Waals surface area contributed by atoms with Crippen LogP contribution in [0, 0.1) is 5.41 Å². The van der Waals surface area contributed by atoms with Crippen molar-refractivity contribution in [1.82, 2.24) is 9.88 Å². The molecule has 6 nitrogen and oxygen atoms in total. The number of aryl methyl sites for hydroxylation is 1. The number of carbonyl (C=O) groups is 2. The molecule has 6 heteroatoms. The number of amides is 1. The number of aromatic nitrogens is 1. The second-order valence-electron chi connectivity index (χ2n) is 7.21. The van der Waals surface area contributed by atoms with Gasteiger partial charge in [-0.15, -0.1) is 0 Å². The number of ether oxygens (including phenoxy) is 1. The van der Waals surface area contributed by atoms with Gasteiger partial charge in [-0.05, 0) is 13.0 Å². The largest absolute Gasteiger partial charge is 0.479 e. The first kappa shape index (κ1) is 17.5. The van der Waals surface area contributed by atoms with Gasteiger partial charge >= 0.3 is 5.97 Å². The molecule has 2 unspecified atom stereocenters. The van der Waals surface area contributed by atoms with Crippen molar-refractivity contribution in [1.29, 1.82) is 0 Å². The molecule has 1 aromatic carbocycles. The Morgan fingerprint density at radius 2 is 2.04 bits per heavy atom. The van der Waals surface area contributed by atoms with Crippen LogP contribution in [-0.4, -0.2) is 39.8 Å². The fourth-order valence-electron chi connectivity index (χ4n) is 3.82. The molecule has 1 heterocycles. The van der Waals surface area contributed by atoms with E-state index in [-0.39, 0.29) is 18.4 Å². The second-order valence-corrected chi connectivity index (χ2v) is 7.21. The van der Waals surface area contributed by atoms with Crippen LogP contribution in [-0.2, 0) is 16.6 Å². The SMILES string of the molecule is CCOC1CC(NC(=O)c2cn(C)c3ccccc23)(C(=O)O)C1(C)C. The molecule has 3 rings (SSSR count). The maximum Gasteiger partial charge on any atom is 0.330 e. The number of carboxylic acids is 1. The molecule has 0 bridgehead atoms. The van der Waals surface area contributed by atoms with E-state index in [1.165, 1.54) is 0 Å². The summed E-state index contributed by atoms with van der Waals surface area (Å²) < 4.78 is 7.51. The number of nitrogens with zero attached hydrogens (tertiary/aromatic N) is 1. The van der Waals surface area contributed by atoms with Gasteiger partial charge in [0, 0.05) is 42.6 Å². The Labute approximate surface area is 146 Å². The lowest BCUT2D eigenvalue weighted by Gasteiger charge is -2.58. The van der Waals surface area contributed by atoms with Crippen molar-refractivity contribution in [3.63, 3.8) is 0 Å². The minimum Gasteiger partial charge on any atom is -0.479 e.